The summed E-state index contributed by atoms with van der Waals surface area (Å²) >= 11 is 0. The van der Waals surface area contributed by atoms with Crippen molar-refractivity contribution in [2.24, 2.45) is 0 Å². The van der Waals surface area contributed by atoms with Gasteiger partial charge < -0.3 is 0 Å². The summed E-state index contributed by atoms with van der Waals surface area (Å²) in [5.41, 5.74) is 0. The first-order valence-electron chi connectivity index (χ1n) is 0. The minimum atomic E-state index is 0. The van der Waals surface area contributed by atoms with E-state index in [1.807, 2.05) is 0 Å². The molecule has 0 aliphatic heterocycles. The van der Waals surface area contributed by atoms with Gasteiger partial charge in [-0.3, -0.25) is 9.41 Å². The van der Waals surface area contributed by atoms with Crippen LogP contribution in [-0.2, 0) is 0 Å². The van der Waals surface area contributed by atoms with Gasteiger partial charge in [0.2, 0.25) is 0 Å². The summed E-state index contributed by atoms with van der Waals surface area (Å²) in [6.45, 7) is 0. The van der Waals surface area contributed by atoms with E-state index in [2.05, 4.69) is 0 Å². The largest absolute Gasteiger partial charge is 0.316 e. The molecule has 0 N–H and O–H groups in total. The van der Waals surface area contributed by atoms with Crippen LogP contribution in [0.25, 0.3) is 0 Å². The third kappa shape index (κ3) is 10.6. The van der Waals surface area contributed by atoms with Crippen LogP contribution in [0.15, 0.2) is 0 Å². The average molecular weight is 74.3 g/mol. The van der Waals surface area contributed by atoms with Crippen molar-refractivity contribution in [1.29, 1.82) is 0 Å². The Morgan fingerprint density at radius 1 is 0.750 bits per heavy atom. The van der Waals surface area contributed by atoms with Crippen molar-refractivity contribution in [3.05, 3.63) is 0 Å². The maximum absolute atomic E-state index is 0. The van der Waals surface area contributed by atoms with Crippen LogP contribution in [0, 0.1) is 0 Å². The third-order valence-corrected chi connectivity index (χ3v) is 0. The second-order valence-corrected chi connectivity index (χ2v) is 0. The molecule has 0 aliphatic carbocycles. The summed E-state index contributed by atoms with van der Waals surface area (Å²) in [5, 5.41) is 0. The van der Waals surface area contributed by atoms with Crippen molar-refractivity contribution in [2.45, 2.75) is 0 Å². The maximum Gasteiger partial charge on any atom is 0.316 e. The molecule has 0 rings (SSSR count). The van der Waals surface area contributed by atoms with E-state index in [4.69, 9.17) is 0 Å². The fourth-order valence-electron chi connectivity index (χ4n) is 0. The van der Waals surface area contributed by atoms with Crippen LogP contribution in [0.2, 0.25) is 0 Å². The molecule has 0 nitrogen and oxygen atoms in total. The predicted molar refractivity (Wildman–Crippen MR) is 20.7 cm³/mol. The number of rotatable bonds is 0. The molecule has 0 atom stereocenters. The van der Waals surface area contributed by atoms with E-state index in [0.29, 0.717) is 0 Å². The monoisotopic (exact) mass is 74.0 g/mol. The van der Waals surface area contributed by atoms with Crippen LogP contribution < -0.4 is 0 Å². The van der Waals surface area contributed by atoms with Gasteiger partial charge in [0.05, 0.1) is 0 Å². The molecule has 0 bridgehead atoms. The zero-order valence-corrected chi connectivity index (χ0v) is 0.816. The van der Waals surface area contributed by atoms with Gasteiger partial charge in [0, 0.05) is 0 Å². The Morgan fingerprint density at radius 3 is 0.750 bits per heavy atom. The fraction of sp³-hybridized carbons (Fsp3) is 0. The predicted octanol–water partition coefficient (Wildman–Crippen LogP) is -1.26. The van der Waals surface area contributed by atoms with Crippen LogP contribution in [0.1, 0.15) is 0 Å². The molecule has 0 fully saturated rings. The quantitative estimate of drug-likeness (QED) is 0.315. The molecule has 0 unspecified atom stereocenters. The molecule has 0 aromatic carbocycles. The van der Waals surface area contributed by atoms with Crippen molar-refractivity contribution < 1.29 is 9.41 Å². The van der Waals surface area contributed by atoms with E-state index in [1.165, 1.54) is 0 Å². The number of halogens is 2. The van der Waals surface area contributed by atoms with E-state index in [-0.39, 0.29) is 51.3 Å². The molecule has 0 saturated heterocycles. The average Bonchev–Trinajstić information content (AvgIpc) is 0. The van der Waals surface area contributed by atoms with Gasteiger partial charge in [-0.2, -0.15) is 0 Å². The fourth-order valence-corrected chi connectivity index (χ4v) is 0. The maximum atomic E-state index is 0. The van der Waals surface area contributed by atoms with Crippen LogP contribution in [0.4, 0.5) is 9.41 Å². The van der Waals surface area contributed by atoms with Gasteiger partial charge in [-0.25, -0.2) is 0 Å². The van der Waals surface area contributed by atoms with Crippen LogP contribution in [0.3, 0.4) is 0 Å². The Kier molecular flexibility index (Phi) is 456. The number of hydrogen-bond acceptors (Lipinski definition) is 0. The molecule has 0 saturated carbocycles. The summed E-state index contributed by atoms with van der Waals surface area (Å²) in [6.07, 6.45) is 0. The van der Waals surface area contributed by atoms with E-state index >= 15 is 0 Å². The summed E-state index contributed by atoms with van der Waals surface area (Å²) in [6, 6.07) is 0. The Balaban J connectivity index is 0. The Labute approximate surface area is 51.4 Å². The molecule has 4 heavy (non-hydrogen) atoms. The van der Waals surface area contributed by atoms with Crippen LogP contribution in [-0.4, -0.2) is 41.9 Å². The van der Waals surface area contributed by atoms with Gasteiger partial charge in [-0.1, -0.05) is 0 Å². The Morgan fingerprint density at radius 2 is 0.750 bits per heavy atom. The van der Waals surface area contributed by atoms with E-state index in [0.717, 1.165) is 0 Å². The second-order valence-electron chi connectivity index (χ2n) is 0. The van der Waals surface area contributed by atoms with Gasteiger partial charge in [0.15, 0.2) is 0 Å². The molecule has 4 heteroatoms. The summed E-state index contributed by atoms with van der Waals surface area (Å²) in [7, 11) is 0. The number of hydrogen-bond donors (Lipinski definition) is 0. The molecule has 22 valence electrons. The van der Waals surface area contributed by atoms with E-state index < -0.39 is 0 Å². The smallest absolute Gasteiger partial charge is 0.316 e. The Hall–Kier alpha value is 1.22. The molecule has 0 radical (unpaired) electrons. The van der Waals surface area contributed by atoms with Gasteiger partial charge >= 0.3 is 41.9 Å². The molecule has 0 aromatic rings. The first kappa shape index (κ1) is 62.2. The zero-order valence-electron chi connectivity index (χ0n) is 0.816. The molecular formula is H5F2LiMg. The molecule has 0 amide bonds. The first-order chi connectivity index (χ1) is 0. The minimum absolute atomic E-state index is 0. The molecular weight excluding hydrogens is 69.2 g/mol. The van der Waals surface area contributed by atoms with Gasteiger partial charge in [0.1, 0.15) is 0 Å². The standard InChI is InChI=1S/2FH.Li.Mg.3H/h2*1H;;;;;. The summed E-state index contributed by atoms with van der Waals surface area (Å²) in [5.74, 6) is 0. The van der Waals surface area contributed by atoms with Crippen molar-refractivity contribution in [1.82, 2.24) is 0 Å². The second kappa shape index (κ2) is 29.3. The normalized spacial score (nSPS) is 0. The zero-order chi connectivity index (χ0) is 0. The van der Waals surface area contributed by atoms with E-state index in [9.17, 15) is 0 Å². The van der Waals surface area contributed by atoms with Gasteiger partial charge in [0.25, 0.3) is 0 Å². The summed E-state index contributed by atoms with van der Waals surface area (Å²) in [4.78, 5) is 0. The molecule has 0 aliphatic rings. The SMILES string of the molecule is F.F.[LiH].[MgH2]. The van der Waals surface area contributed by atoms with Gasteiger partial charge in [-0.05, 0) is 0 Å². The van der Waals surface area contributed by atoms with Crippen molar-refractivity contribution in [3.8, 4) is 0 Å². The third-order valence-electron chi connectivity index (χ3n) is 0. The van der Waals surface area contributed by atoms with Crippen molar-refractivity contribution in [2.75, 3.05) is 0 Å². The Bertz CT molecular complexity index is 6.00. The van der Waals surface area contributed by atoms with E-state index in [1.54, 1.807) is 0 Å². The first-order valence-corrected chi connectivity index (χ1v) is 0. The van der Waals surface area contributed by atoms with Crippen molar-refractivity contribution >= 4 is 41.9 Å². The summed E-state index contributed by atoms with van der Waals surface area (Å²) < 4.78 is 0. The van der Waals surface area contributed by atoms with Gasteiger partial charge in [-0.15, -0.1) is 0 Å². The topological polar surface area (TPSA) is 0 Å². The molecule has 0 aromatic heterocycles. The molecule has 0 spiro atoms. The van der Waals surface area contributed by atoms with Crippen LogP contribution >= 0.6 is 0 Å². The molecule has 0 heterocycles. The van der Waals surface area contributed by atoms with Crippen molar-refractivity contribution in [3.63, 3.8) is 0 Å². The van der Waals surface area contributed by atoms with Crippen LogP contribution in [0.5, 0.6) is 0 Å². The minimum Gasteiger partial charge on any atom is 0.316 e.